The van der Waals surface area contributed by atoms with Crippen molar-refractivity contribution in [1.82, 2.24) is 0 Å². The van der Waals surface area contributed by atoms with Crippen molar-refractivity contribution in [3.63, 3.8) is 0 Å². The van der Waals surface area contributed by atoms with Gasteiger partial charge >= 0.3 is 0 Å². The molecule has 0 aliphatic carbocycles. The summed E-state index contributed by atoms with van der Waals surface area (Å²) in [7, 11) is 2.11. The van der Waals surface area contributed by atoms with E-state index in [1.807, 2.05) is 6.92 Å². The summed E-state index contributed by atoms with van der Waals surface area (Å²) in [5, 5.41) is 0. The first-order valence-electron chi connectivity index (χ1n) is 2.81. The Morgan fingerprint density at radius 2 is 2.11 bits per heavy atom. The third kappa shape index (κ3) is 3.79. The van der Waals surface area contributed by atoms with Gasteiger partial charge in [0.1, 0.15) is 6.10 Å². The van der Waals surface area contributed by atoms with Gasteiger partial charge in [0, 0.05) is 15.4 Å². The standard InChI is InChI=1S/C5H12FO2P/c1-4(3-7-9)5(2)8-6/h4-5H,3,9H2,1-2H3/t4-,5?/m1/s1. The van der Waals surface area contributed by atoms with Crippen LogP contribution in [0.5, 0.6) is 0 Å². The zero-order chi connectivity index (χ0) is 7.28. The second-order valence-electron chi connectivity index (χ2n) is 2.10. The molecule has 0 aromatic rings. The van der Waals surface area contributed by atoms with Crippen LogP contribution in [-0.4, -0.2) is 12.7 Å². The fourth-order valence-electron chi connectivity index (χ4n) is 0.375. The van der Waals surface area contributed by atoms with Gasteiger partial charge in [-0.1, -0.05) is 6.92 Å². The first kappa shape index (κ1) is 9.28. The van der Waals surface area contributed by atoms with Crippen LogP contribution in [0.15, 0.2) is 0 Å². The molecule has 0 amide bonds. The zero-order valence-electron chi connectivity index (χ0n) is 5.63. The zero-order valence-corrected chi connectivity index (χ0v) is 6.79. The van der Waals surface area contributed by atoms with Crippen LogP contribution in [0, 0.1) is 5.92 Å². The predicted octanol–water partition coefficient (Wildman–Crippen LogP) is 1.72. The minimum absolute atomic E-state index is 0.0903. The second kappa shape index (κ2) is 5.10. The van der Waals surface area contributed by atoms with Gasteiger partial charge in [-0.3, -0.25) is 0 Å². The Balaban J connectivity index is 3.32. The molecule has 3 atom stereocenters. The van der Waals surface area contributed by atoms with Crippen LogP contribution >= 0.6 is 9.47 Å². The molecule has 4 heteroatoms. The molecular weight excluding hydrogens is 142 g/mol. The molecule has 9 heavy (non-hydrogen) atoms. The molecule has 0 aliphatic heterocycles. The van der Waals surface area contributed by atoms with Crippen molar-refractivity contribution in [2.75, 3.05) is 6.61 Å². The average molecular weight is 154 g/mol. The summed E-state index contributed by atoms with van der Waals surface area (Å²) in [6.45, 7) is 4.01. The highest BCUT2D eigenvalue weighted by atomic mass is 31.0. The largest absolute Gasteiger partial charge is 0.365 e. The molecule has 56 valence electrons. The molecular formula is C5H12FO2P. The normalized spacial score (nSPS) is 17.3. The molecule has 0 rings (SSSR count). The molecule has 0 N–H and O–H groups in total. The van der Waals surface area contributed by atoms with E-state index in [9.17, 15) is 4.53 Å². The lowest BCUT2D eigenvalue weighted by molar-refractivity contribution is -0.189. The van der Waals surface area contributed by atoms with Crippen molar-refractivity contribution in [3.8, 4) is 0 Å². The third-order valence-electron chi connectivity index (χ3n) is 1.30. The summed E-state index contributed by atoms with van der Waals surface area (Å²) in [6.07, 6.45) is -0.384. The molecule has 0 spiro atoms. The summed E-state index contributed by atoms with van der Waals surface area (Å²) in [6, 6.07) is 0. The van der Waals surface area contributed by atoms with Crippen LogP contribution in [-0.2, 0) is 9.47 Å². The predicted molar refractivity (Wildman–Crippen MR) is 36.5 cm³/mol. The molecule has 0 aromatic heterocycles. The smallest absolute Gasteiger partial charge is 0.100 e. The van der Waals surface area contributed by atoms with Crippen molar-refractivity contribution < 1.29 is 14.0 Å². The molecule has 0 aliphatic rings. The topological polar surface area (TPSA) is 18.5 Å². The van der Waals surface area contributed by atoms with Gasteiger partial charge in [-0.25, -0.2) is 0 Å². The fraction of sp³-hybridized carbons (Fsp3) is 1.00. The maximum absolute atomic E-state index is 11.4. The first-order chi connectivity index (χ1) is 4.22. The van der Waals surface area contributed by atoms with E-state index in [1.165, 1.54) is 0 Å². The molecule has 0 fully saturated rings. The van der Waals surface area contributed by atoms with Crippen molar-refractivity contribution in [2.45, 2.75) is 20.0 Å². The summed E-state index contributed by atoms with van der Waals surface area (Å²) in [4.78, 5) is 3.58. The van der Waals surface area contributed by atoms with Crippen molar-refractivity contribution >= 4 is 9.47 Å². The minimum Gasteiger partial charge on any atom is -0.365 e. The molecule has 0 bridgehead atoms. The van der Waals surface area contributed by atoms with E-state index in [4.69, 9.17) is 4.52 Å². The molecule has 0 saturated heterocycles. The number of rotatable bonds is 4. The van der Waals surface area contributed by atoms with Crippen LogP contribution < -0.4 is 0 Å². The van der Waals surface area contributed by atoms with Crippen LogP contribution in [0.25, 0.3) is 0 Å². The maximum Gasteiger partial charge on any atom is 0.100 e. The van der Waals surface area contributed by atoms with Crippen LogP contribution in [0.1, 0.15) is 13.8 Å². The van der Waals surface area contributed by atoms with Gasteiger partial charge in [0.2, 0.25) is 0 Å². The van der Waals surface area contributed by atoms with Gasteiger partial charge in [-0.15, -0.1) is 0 Å². The Morgan fingerprint density at radius 1 is 1.56 bits per heavy atom. The highest BCUT2D eigenvalue weighted by molar-refractivity contribution is 7.09. The maximum atomic E-state index is 11.4. The lowest BCUT2D eigenvalue weighted by Crippen LogP contribution is -2.18. The van der Waals surface area contributed by atoms with E-state index in [2.05, 4.69) is 14.4 Å². The van der Waals surface area contributed by atoms with E-state index < -0.39 is 0 Å². The molecule has 2 unspecified atom stereocenters. The third-order valence-corrected chi connectivity index (χ3v) is 1.49. The summed E-state index contributed by atoms with van der Waals surface area (Å²) in [5.41, 5.74) is 0. The number of hydrogen-bond acceptors (Lipinski definition) is 2. The van der Waals surface area contributed by atoms with Crippen molar-refractivity contribution in [2.24, 2.45) is 5.92 Å². The summed E-state index contributed by atoms with van der Waals surface area (Å²) >= 11 is 0. The quantitative estimate of drug-likeness (QED) is 0.574. The molecule has 0 radical (unpaired) electrons. The molecule has 0 heterocycles. The van der Waals surface area contributed by atoms with Gasteiger partial charge in [0.15, 0.2) is 0 Å². The molecule has 0 aromatic carbocycles. The van der Waals surface area contributed by atoms with E-state index in [0.29, 0.717) is 6.61 Å². The Kier molecular flexibility index (Phi) is 5.25. The lowest BCUT2D eigenvalue weighted by Gasteiger charge is -2.13. The first-order valence-corrected chi connectivity index (χ1v) is 3.28. The van der Waals surface area contributed by atoms with Crippen molar-refractivity contribution in [1.29, 1.82) is 0 Å². The average Bonchev–Trinajstić information content (AvgIpc) is 1.87. The van der Waals surface area contributed by atoms with Crippen LogP contribution in [0.4, 0.5) is 4.53 Å². The van der Waals surface area contributed by atoms with Crippen LogP contribution in [0.3, 0.4) is 0 Å². The SMILES string of the molecule is CC(OF)[C@H](C)COP. The van der Waals surface area contributed by atoms with E-state index in [0.717, 1.165) is 0 Å². The van der Waals surface area contributed by atoms with E-state index in [-0.39, 0.29) is 12.0 Å². The van der Waals surface area contributed by atoms with E-state index in [1.54, 1.807) is 6.92 Å². The summed E-state index contributed by atoms with van der Waals surface area (Å²) in [5.74, 6) is 0.0903. The van der Waals surface area contributed by atoms with Gasteiger partial charge in [-0.2, -0.15) is 4.94 Å². The second-order valence-corrected chi connectivity index (χ2v) is 2.44. The highest BCUT2D eigenvalue weighted by Gasteiger charge is 2.12. The fourth-order valence-corrected chi connectivity index (χ4v) is 0.679. The van der Waals surface area contributed by atoms with Crippen molar-refractivity contribution in [3.05, 3.63) is 0 Å². The minimum atomic E-state index is -0.384. The highest BCUT2D eigenvalue weighted by Crippen LogP contribution is 2.08. The van der Waals surface area contributed by atoms with E-state index >= 15 is 0 Å². The Labute approximate surface area is 56.9 Å². The molecule has 0 saturated carbocycles. The Bertz CT molecular complexity index is 72.0. The Hall–Kier alpha value is 0.280. The number of hydrogen-bond donors (Lipinski definition) is 0. The number of halogens is 1. The van der Waals surface area contributed by atoms with Gasteiger partial charge in [-0.05, 0) is 11.4 Å². The van der Waals surface area contributed by atoms with Gasteiger partial charge in [0.05, 0.1) is 6.61 Å². The van der Waals surface area contributed by atoms with Crippen LogP contribution in [0.2, 0.25) is 0 Å². The monoisotopic (exact) mass is 154 g/mol. The van der Waals surface area contributed by atoms with Gasteiger partial charge < -0.3 is 4.52 Å². The molecule has 2 nitrogen and oxygen atoms in total. The van der Waals surface area contributed by atoms with Gasteiger partial charge in [0.25, 0.3) is 0 Å². The summed E-state index contributed by atoms with van der Waals surface area (Å²) < 4.78 is 16.1. The Morgan fingerprint density at radius 3 is 2.44 bits per heavy atom. The lowest BCUT2D eigenvalue weighted by atomic mass is 10.1.